The van der Waals surface area contributed by atoms with E-state index in [0.717, 1.165) is 0 Å². The van der Waals surface area contributed by atoms with Gasteiger partial charge in [-0.25, -0.2) is 0 Å². The summed E-state index contributed by atoms with van der Waals surface area (Å²) in [6.07, 6.45) is -4.25. The van der Waals surface area contributed by atoms with Crippen molar-refractivity contribution in [2.24, 2.45) is 5.92 Å². The van der Waals surface area contributed by atoms with Crippen molar-refractivity contribution in [3.8, 4) is 0 Å². The molecule has 0 aromatic rings. The van der Waals surface area contributed by atoms with E-state index in [-0.39, 0.29) is 18.3 Å². The number of nitrogens with one attached hydrogen (secondary N) is 1. The van der Waals surface area contributed by atoms with Crippen molar-refractivity contribution in [2.45, 2.75) is 32.4 Å². The van der Waals surface area contributed by atoms with Gasteiger partial charge in [-0.05, 0) is 19.4 Å². The first-order valence-electron chi connectivity index (χ1n) is 5.22. The molecule has 1 atom stereocenters. The lowest BCUT2D eigenvalue weighted by Gasteiger charge is -2.10. The Bertz CT molecular complexity index is 207. The van der Waals surface area contributed by atoms with Crippen LogP contribution in [-0.2, 0) is 9.53 Å². The zero-order valence-corrected chi connectivity index (χ0v) is 9.56. The summed E-state index contributed by atoms with van der Waals surface area (Å²) in [4.78, 5) is 11.0. The number of esters is 1. The van der Waals surface area contributed by atoms with Gasteiger partial charge in [0.15, 0.2) is 0 Å². The predicted molar refractivity (Wildman–Crippen MR) is 54.0 cm³/mol. The molecule has 0 saturated carbocycles. The second kappa shape index (κ2) is 7.49. The number of hydrogen-bond acceptors (Lipinski definition) is 3. The third-order valence-corrected chi connectivity index (χ3v) is 2.12. The molecule has 0 rings (SSSR count). The highest BCUT2D eigenvalue weighted by molar-refractivity contribution is 5.71. The molecule has 0 aromatic carbocycles. The van der Waals surface area contributed by atoms with Gasteiger partial charge in [0, 0.05) is 13.0 Å². The minimum Gasteiger partial charge on any atom is -0.469 e. The Morgan fingerprint density at radius 3 is 2.50 bits per heavy atom. The van der Waals surface area contributed by atoms with Crippen LogP contribution in [0.1, 0.15) is 26.2 Å². The zero-order valence-electron chi connectivity index (χ0n) is 9.56. The standard InChI is InChI=1S/C10H18F3NO2/c1-8(9(15)16-2)7-14-6-4-3-5-10(11,12)13/h8,14H,3-7H2,1-2H3. The number of rotatable bonds is 7. The van der Waals surface area contributed by atoms with Crippen LogP contribution in [0, 0.1) is 5.92 Å². The average molecular weight is 241 g/mol. The van der Waals surface area contributed by atoms with Crippen LogP contribution in [0.25, 0.3) is 0 Å². The molecule has 0 aliphatic carbocycles. The second-order valence-corrected chi connectivity index (χ2v) is 3.70. The van der Waals surface area contributed by atoms with E-state index in [2.05, 4.69) is 10.1 Å². The average Bonchev–Trinajstić information content (AvgIpc) is 2.20. The number of hydrogen-bond donors (Lipinski definition) is 1. The van der Waals surface area contributed by atoms with Crippen molar-refractivity contribution < 1.29 is 22.7 Å². The molecule has 0 radical (unpaired) electrons. The van der Waals surface area contributed by atoms with Gasteiger partial charge in [-0.3, -0.25) is 4.79 Å². The summed E-state index contributed by atoms with van der Waals surface area (Å²) in [5.74, 6) is -0.588. The molecule has 0 aromatic heterocycles. The summed E-state index contributed by atoms with van der Waals surface area (Å²) in [6.45, 7) is 2.62. The van der Waals surface area contributed by atoms with Gasteiger partial charge < -0.3 is 10.1 Å². The molecule has 0 amide bonds. The van der Waals surface area contributed by atoms with Crippen LogP contribution >= 0.6 is 0 Å². The van der Waals surface area contributed by atoms with Crippen LogP contribution in [0.3, 0.4) is 0 Å². The molecule has 6 heteroatoms. The Balaban J connectivity index is 3.37. The number of carbonyl (C=O) groups excluding carboxylic acids is 1. The van der Waals surface area contributed by atoms with Crippen molar-refractivity contribution in [3.05, 3.63) is 0 Å². The fraction of sp³-hybridized carbons (Fsp3) is 0.900. The van der Waals surface area contributed by atoms with E-state index in [1.54, 1.807) is 6.92 Å². The zero-order chi connectivity index (χ0) is 12.6. The van der Waals surface area contributed by atoms with Crippen LogP contribution in [0.5, 0.6) is 0 Å². The maximum atomic E-state index is 11.8. The van der Waals surface area contributed by atoms with Gasteiger partial charge in [0.1, 0.15) is 0 Å². The molecule has 0 aliphatic rings. The number of ether oxygens (including phenoxy) is 1. The fourth-order valence-electron chi connectivity index (χ4n) is 1.18. The van der Waals surface area contributed by atoms with Gasteiger partial charge in [-0.15, -0.1) is 0 Å². The lowest BCUT2D eigenvalue weighted by Crippen LogP contribution is -2.28. The lowest BCUT2D eigenvalue weighted by molar-refractivity contribution is -0.144. The van der Waals surface area contributed by atoms with Crippen molar-refractivity contribution >= 4 is 5.97 Å². The quantitative estimate of drug-likeness (QED) is 0.548. The van der Waals surface area contributed by atoms with E-state index < -0.39 is 12.6 Å². The summed E-state index contributed by atoms with van der Waals surface area (Å²) in [5.41, 5.74) is 0. The van der Waals surface area contributed by atoms with Gasteiger partial charge in [0.25, 0.3) is 0 Å². The van der Waals surface area contributed by atoms with E-state index in [0.29, 0.717) is 19.5 Å². The van der Waals surface area contributed by atoms with Gasteiger partial charge >= 0.3 is 12.1 Å². The summed E-state index contributed by atoms with van der Waals surface area (Å²) in [5, 5.41) is 2.92. The van der Waals surface area contributed by atoms with Gasteiger partial charge in [-0.1, -0.05) is 6.92 Å². The lowest BCUT2D eigenvalue weighted by atomic mass is 10.2. The maximum Gasteiger partial charge on any atom is 0.389 e. The Morgan fingerprint density at radius 2 is 2.00 bits per heavy atom. The first-order valence-corrected chi connectivity index (χ1v) is 5.22. The van der Waals surface area contributed by atoms with E-state index in [1.807, 2.05) is 0 Å². The smallest absolute Gasteiger partial charge is 0.389 e. The SMILES string of the molecule is COC(=O)C(C)CNCCCCC(F)(F)F. The number of carbonyl (C=O) groups is 1. The topological polar surface area (TPSA) is 38.3 Å². The molecule has 0 spiro atoms. The van der Waals surface area contributed by atoms with Crippen LogP contribution in [-0.4, -0.2) is 32.3 Å². The van der Waals surface area contributed by atoms with E-state index in [9.17, 15) is 18.0 Å². The van der Waals surface area contributed by atoms with Crippen molar-refractivity contribution in [1.82, 2.24) is 5.32 Å². The van der Waals surface area contributed by atoms with Gasteiger partial charge in [0.05, 0.1) is 13.0 Å². The van der Waals surface area contributed by atoms with Crippen LogP contribution < -0.4 is 5.32 Å². The molecular weight excluding hydrogens is 223 g/mol. The van der Waals surface area contributed by atoms with Crippen molar-refractivity contribution in [1.29, 1.82) is 0 Å². The molecule has 0 fully saturated rings. The molecule has 0 aliphatic heterocycles. The van der Waals surface area contributed by atoms with E-state index in [1.165, 1.54) is 7.11 Å². The molecule has 16 heavy (non-hydrogen) atoms. The Kier molecular flexibility index (Phi) is 7.12. The summed E-state index contributed by atoms with van der Waals surface area (Å²) in [7, 11) is 1.31. The van der Waals surface area contributed by atoms with E-state index in [4.69, 9.17) is 0 Å². The number of alkyl halides is 3. The highest BCUT2D eigenvalue weighted by Crippen LogP contribution is 2.21. The highest BCUT2D eigenvalue weighted by atomic mass is 19.4. The summed E-state index contributed by atoms with van der Waals surface area (Å²) in [6, 6.07) is 0. The molecule has 96 valence electrons. The van der Waals surface area contributed by atoms with Gasteiger partial charge in [-0.2, -0.15) is 13.2 Å². The van der Waals surface area contributed by atoms with Crippen LogP contribution in [0.2, 0.25) is 0 Å². The largest absolute Gasteiger partial charge is 0.469 e. The fourth-order valence-corrected chi connectivity index (χ4v) is 1.18. The highest BCUT2D eigenvalue weighted by Gasteiger charge is 2.25. The predicted octanol–water partition coefficient (Wildman–Crippen LogP) is 2.12. The molecule has 0 bridgehead atoms. The number of unbranched alkanes of at least 4 members (excludes halogenated alkanes) is 1. The summed E-state index contributed by atoms with van der Waals surface area (Å²) >= 11 is 0. The second-order valence-electron chi connectivity index (χ2n) is 3.70. The van der Waals surface area contributed by atoms with Crippen LogP contribution in [0.15, 0.2) is 0 Å². The minimum absolute atomic E-state index is 0.114. The Morgan fingerprint density at radius 1 is 1.38 bits per heavy atom. The molecule has 0 heterocycles. The first-order chi connectivity index (χ1) is 7.37. The molecule has 0 saturated heterocycles. The number of methoxy groups -OCH3 is 1. The van der Waals surface area contributed by atoms with E-state index >= 15 is 0 Å². The molecule has 1 N–H and O–H groups in total. The third kappa shape index (κ3) is 8.52. The Hall–Kier alpha value is -0.780. The molecule has 3 nitrogen and oxygen atoms in total. The molecular formula is C10H18F3NO2. The molecule has 1 unspecified atom stereocenters. The van der Waals surface area contributed by atoms with Gasteiger partial charge in [0.2, 0.25) is 0 Å². The third-order valence-electron chi connectivity index (χ3n) is 2.12. The first kappa shape index (κ1) is 15.2. The minimum atomic E-state index is -4.07. The monoisotopic (exact) mass is 241 g/mol. The number of halogens is 3. The van der Waals surface area contributed by atoms with Crippen molar-refractivity contribution in [2.75, 3.05) is 20.2 Å². The van der Waals surface area contributed by atoms with Crippen LogP contribution in [0.4, 0.5) is 13.2 Å². The summed E-state index contributed by atoms with van der Waals surface area (Å²) < 4.78 is 39.8. The Labute approximate surface area is 93.3 Å². The maximum absolute atomic E-state index is 11.8. The van der Waals surface area contributed by atoms with Crippen molar-refractivity contribution in [3.63, 3.8) is 0 Å². The normalized spacial score (nSPS) is 13.6.